The Kier molecular flexibility index (Phi) is 6.92. The molecule has 8 nitrogen and oxygen atoms in total. The number of anilines is 2. The third kappa shape index (κ3) is 5.41. The van der Waals surface area contributed by atoms with Gasteiger partial charge >= 0.3 is 0 Å². The first-order valence-electron chi connectivity index (χ1n) is 9.95. The van der Waals surface area contributed by atoms with Crippen molar-refractivity contribution in [2.45, 2.75) is 23.6 Å². The van der Waals surface area contributed by atoms with Crippen molar-refractivity contribution in [3.63, 3.8) is 0 Å². The first-order chi connectivity index (χ1) is 15.4. The SMILES string of the molecule is Cc1cccc(C)c1NS(=O)(=O)c1ccc(NC(=O)c2cccc(S(=O)(=O)N(C)C)c2)cc1. The Morgan fingerprint density at radius 3 is 1.94 bits per heavy atom. The van der Waals surface area contributed by atoms with Crippen LogP contribution in [0.4, 0.5) is 11.4 Å². The number of hydrogen-bond donors (Lipinski definition) is 2. The number of amides is 1. The Labute approximate surface area is 194 Å². The van der Waals surface area contributed by atoms with Crippen LogP contribution in [0.1, 0.15) is 21.5 Å². The van der Waals surface area contributed by atoms with Crippen LogP contribution in [0.15, 0.2) is 76.5 Å². The van der Waals surface area contributed by atoms with Gasteiger partial charge in [-0.2, -0.15) is 0 Å². The van der Waals surface area contributed by atoms with E-state index < -0.39 is 26.0 Å². The highest BCUT2D eigenvalue weighted by molar-refractivity contribution is 7.92. The van der Waals surface area contributed by atoms with E-state index in [1.54, 1.807) is 0 Å². The van der Waals surface area contributed by atoms with Crippen LogP contribution >= 0.6 is 0 Å². The second-order valence-corrected chi connectivity index (χ2v) is 11.5. The number of carbonyl (C=O) groups excluding carboxylic acids is 1. The number of sulfonamides is 2. The molecule has 0 spiro atoms. The number of benzene rings is 3. The summed E-state index contributed by atoms with van der Waals surface area (Å²) in [7, 11) is -4.68. The Hall–Kier alpha value is -3.21. The van der Waals surface area contributed by atoms with Gasteiger partial charge in [-0.3, -0.25) is 9.52 Å². The van der Waals surface area contributed by atoms with Crippen molar-refractivity contribution >= 4 is 37.3 Å². The normalized spacial score (nSPS) is 11.9. The van der Waals surface area contributed by atoms with Crippen molar-refractivity contribution in [1.82, 2.24) is 4.31 Å². The summed E-state index contributed by atoms with van der Waals surface area (Å²) in [5.41, 5.74) is 2.67. The van der Waals surface area contributed by atoms with E-state index in [1.165, 1.54) is 62.6 Å². The fraction of sp³-hybridized carbons (Fsp3) is 0.174. The fourth-order valence-electron chi connectivity index (χ4n) is 3.10. The molecule has 33 heavy (non-hydrogen) atoms. The lowest BCUT2D eigenvalue weighted by Crippen LogP contribution is -2.22. The summed E-state index contributed by atoms with van der Waals surface area (Å²) in [6.45, 7) is 3.64. The monoisotopic (exact) mass is 487 g/mol. The minimum Gasteiger partial charge on any atom is -0.322 e. The summed E-state index contributed by atoms with van der Waals surface area (Å²) >= 11 is 0. The molecular formula is C23H25N3O5S2. The third-order valence-electron chi connectivity index (χ3n) is 5.01. The molecule has 174 valence electrons. The molecule has 3 aromatic rings. The molecule has 0 atom stereocenters. The average molecular weight is 488 g/mol. The van der Waals surface area contributed by atoms with Gasteiger partial charge in [0, 0.05) is 25.3 Å². The van der Waals surface area contributed by atoms with Crippen LogP contribution in [-0.2, 0) is 20.0 Å². The molecule has 10 heteroatoms. The van der Waals surface area contributed by atoms with E-state index in [2.05, 4.69) is 10.0 Å². The van der Waals surface area contributed by atoms with Gasteiger partial charge in [-0.1, -0.05) is 24.3 Å². The lowest BCUT2D eigenvalue weighted by molar-refractivity contribution is 0.102. The van der Waals surface area contributed by atoms with Gasteiger partial charge in [0.1, 0.15) is 0 Å². The van der Waals surface area contributed by atoms with Gasteiger partial charge < -0.3 is 5.32 Å². The van der Waals surface area contributed by atoms with E-state index in [-0.39, 0.29) is 15.4 Å². The van der Waals surface area contributed by atoms with Gasteiger partial charge in [-0.15, -0.1) is 0 Å². The van der Waals surface area contributed by atoms with Gasteiger partial charge in [0.25, 0.3) is 15.9 Å². The van der Waals surface area contributed by atoms with Crippen LogP contribution in [-0.4, -0.2) is 41.1 Å². The van der Waals surface area contributed by atoms with Crippen molar-refractivity contribution in [2.24, 2.45) is 0 Å². The van der Waals surface area contributed by atoms with Crippen LogP contribution in [0.3, 0.4) is 0 Å². The summed E-state index contributed by atoms with van der Waals surface area (Å²) in [5.74, 6) is -0.518. The molecule has 2 N–H and O–H groups in total. The van der Waals surface area contributed by atoms with E-state index >= 15 is 0 Å². The third-order valence-corrected chi connectivity index (χ3v) is 8.19. The zero-order valence-corrected chi connectivity index (χ0v) is 20.3. The first kappa shape index (κ1) is 24.4. The van der Waals surface area contributed by atoms with Gasteiger partial charge in [-0.25, -0.2) is 21.1 Å². The molecule has 0 saturated carbocycles. The highest BCUT2D eigenvalue weighted by Gasteiger charge is 2.19. The Morgan fingerprint density at radius 2 is 1.36 bits per heavy atom. The number of rotatable bonds is 7. The van der Waals surface area contributed by atoms with Crippen molar-refractivity contribution in [3.8, 4) is 0 Å². The lowest BCUT2D eigenvalue weighted by atomic mass is 10.1. The zero-order chi connectivity index (χ0) is 24.4. The van der Waals surface area contributed by atoms with Crippen molar-refractivity contribution in [1.29, 1.82) is 0 Å². The molecule has 3 rings (SSSR count). The quantitative estimate of drug-likeness (QED) is 0.529. The van der Waals surface area contributed by atoms with E-state index in [9.17, 15) is 21.6 Å². The topological polar surface area (TPSA) is 113 Å². The molecule has 0 heterocycles. The summed E-state index contributed by atoms with van der Waals surface area (Å²) < 4.78 is 53.9. The minimum atomic E-state index is -3.82. The molecule has 0 aliphatic rings. The predicted octanol–water partition coefficient (Wildman–Crippen LogP) is 3.61. The first-order valence-corrected chi connectivity index (χ1v) is 12.9. The molecule has 0 unspecified atom stereocenters. The molecular weight excluding hydrogens is 462 g/mol. The van der Waals surface area contributed by atoms with Gasteiger partial charge in [0.2, 0.25) is 10.0 Å². The van der Waals surface area contributed by atoms with Crippen molar-refractivity contribution in [2.75, 3.05) is 24.1 Å². The predicted molar refractivity (Wildman–Crippen MR) is 128 cm³/mol. The second kappa shape index (κ2) is 9.34. The number of hydrogen-bond acceptors (Lipinski definition) is 5. The van der Waals surface area contributed by atoms with Crippen molar-refractivity contribution < 1.29 is 21.6 Å². The molecule has 0 fully saturated rings. The largest absolute Gasteiger partial charge is 0.322 e. The molecule has 0 radical (unpaired) electrons. The second-order valence-electron chi connectivity index (χ2n) is 7.67. The zero-order valence-electron chi connectivity index (χ0n) is 18.7. The van der Waals surface area contributed by atoms with Gasteiger partial charge in [0.05, 0.1) is 15.5 Å². The van der Waals surface area contributed by atoms with Crippen LogP contribution in [0.25, 0.3) is 0 Å². The van der Waals surface area contributed by atoms with Crippen LogP contribution in [0.2, 0.25) is 0 Å². The summed E-state index contributed by atoms with van der Waals surface area (Å²) in [5, 5.41) is 2.65. The fourth-order valence-corrected chi connectivity index (χ4v) is 5.25. The molecule has 0 bridgehead atoms. The lowest BCUT2D eigenvalue weighted by Gasteiger charge is -2.14. The van der Waals surface area contributed by atoms with Crippen LogP contribution in [0.5, 0.6) is 0 Å². The number of aryl methyl sites for hydroxylation is 2. The molecule has 0 aliphatic carbocycles. The number of nitrogens with one attached hydrogen (secondary N) is 2. The average Bonchev–Trinajstić information content (AvgIpc) is 2.77. The number of para-hydroxylation sites is 1. The maximum Gasteiger partial charge on any atom is 0.261 e. The molecule has 1 amide bonds. The summed E-state index contributed by atoms with van der Waals surface area (Å²) in [6.07, 6.45) is 0. The van der Waals surface area contributed by atoms with Crippen molar-refractivity contribution in [3.05, 3.63) is 83.4 Å². The summed E-state index contributed by atoms with van der Waals surface area (Å²) in [6, 6.07) is 16.9. The smallest absolute Gasteiger partial charge is 0.261 e. The van der Waals surface area contributed by atoms with Gasteiger partial charge in [0.15, 0.2) is 0 Å². The van der Waals surface area contributed by atoms with E-state index in [4.69, 9.17) is 0 Å². The summed E-state index contributed by atoms with van der Waals surface area (Å²) in [4.78, 5) is 12.7. The van der Waals surface area contributed by atoms with Gasteiger partial charge in [-0.05, 0) is 67.4 Å². The minimum absolute atomic E-state index is 0.000774. The Morgan fingerprint density at radius 1 is 0.788 bits per heavy atom. The maximum atomic E-state index is 12.8. The number of carbonyl (C=O) groups is 1. The van der Waals surface area contributed by atoms with E-state index in [0.717, 1.165) is 15.4 Å². The van der Waals surface area contributed by atoms with Crippen LogP contribution < -0.4 is 10.0 Å². The Balaban J connectivity index is 1.78. The standard InChI is InChI=1S/C23H25N3O5S2/c1-16-7-5-8-17(2)22(16)25-32(28,29)20-13-11-19(12-14-20)24-23(27)18-9-6-10-21(15-18)33(30,31)26(3)4/h5-15,25H,1-4H3,(H,24,27). The van der Waals surface area contributed by atoms with E-state index in [0.29, 0.717) is 11.4 Å². The Bertz CT molecular complexity index is 1380. The maximum absolute atomic E-state index is 12.8. The molecule has 0 aromatic heterocycles. The number of nitrogens with zero attached hydrogens (tertiary/aromatic N) is 1. The highest BCUT2D eigenvalue weighted by Crippen LogP contribution is 2.24. The molecule has 0 aliphatic heterocycles. The molecule has 3 aromatic carbocycles. The highest BCUT2D eigenvalue weighted by atomic mass is 32.2. The van der Waals surface area contributed by atoms with Crippen LogP contribution in [0, 0.1) is 13.8 Å². The van der Waals surface area contributed by atoms with E-state index in [1.807, 2.05) is 32.0 Å². The molecule has 0 saturated heterocycles.